The van der Waals surface area contributed by atoms with Crippen molar-refractivity contribution in [3.63, 3.8) is 0 Å². The molecule has 0 heterocycles. The Morgan fingerprint density at radius 2 is 0.764 bits per heavy atom. The molecular weight excluding hydrogens is 704 g/mol. The van der Waals surface area contributed by atoms with Gasteiger partial charge in [0.05, 0.1) is 0 Å². The maximum Gasteiger partial charge on any atom is 0.123 e. The first kappa shape index (κ1) is 39.8. The molecule has 2 nitrogen and oxygen atoms in total. The zero-order chi connectivity index (χ0) is 38.6. The van der Waals surface area contributed by atoms with E-state index in [4.69, 9.17) is 0 Å². The Morgan fingerprint density at radius 3 is 1.09 bits per heavy atom. The first-order chi connectivity index (χ1) is 25.6. The summed E-state index contributed by atoms with van der Waals surface area (Å²) < 4.78 is 0. The van der Waals surface area contributed by atoms with Crippen molar-refractivity contribution in [1.29, 1.82) is 0 Å². The molecule has 0 spiro atoms. The van der Waals surface area contributed by atoms with Crippen LogP contribution in [0.3, 0.4) is 0 Å². The summed E-state index contributed by atoms with van der Waals surface area (Å²) in [6, 6.07) is 45.3. The number of phenolic OH excluding ortho intramolecular Hbond substituents is 2. The van der Waals surface area contributed by atoms with Gasteiger partial charge in [0.15, 0.2) is 0 Å². The van der Waals surface area contributed by atoms with E-state index < -0.39 is 0 Å². The largest absolute Gasteiger partial charge is 0.507 e. The third kappa shape index (κ3) is 7.08. The number of para-hydroxylation sites is 2. The van der Waals surface area contributed by atoms with Gasteiger partial charge in [0.25, 0.3) is 0 Å². The van der Waals surface area contributed by atoms with E-state index in [2.05, 4.69) is 153 Å². The molecule has 9 rings (SSSR count). The van der Waals surface area contributed by atoms with E-state index in [9.17, 15) is 10.2 Å². The van der Waals surface area contributed by atoms with Gasteiger partial charge in [-0.15, -0.1) is 6.92 Å². The smallest absolute Gasteiger partial charge is 0.123 e. The molecule has 3 heteroatoms. The van der Waals surface area contributed by atoms with Crippen LogP contribution in [0.5, 0.6) is 11.5 Å². The van der Waals surface area contributed by atoms with Crippen molar-refractivity contribution in [2.45, 2.75) is 73.1 Å². The number of hydrogen-bond acceptors (Lipinski definition) is 2. The van der Waals surface area contributed by atoms with Crippen LogP contribution in [0.4, 0.5) is 0 Å². The van der Waals surface area contributed by atoms with Crippen molar-refractivity contribution in [2.75, 3.05) is 0 Å². The van der Waals surface area contributed by atoms with Gasteiger partial charge >= 0.3 is 0 Å². The summed E-state index contributed by atoms with van der Waals surface area (Å²) in [4.78, 5) is 0. The van der Waals surface area contributed by atoms with Crippen LogP contribution in [0.1, 0.15) is 84.6 Å². The molecule has 3 aliphatic rings. The third-order valence-corrected chi connectivity index (χ3v) is 12.2. The van der Waals surface area contributed by atoms with Gasteiger partial charge < -0.3 is 10.2 Å². The van der Waals surface area contributed by atoms with Gasteiger partial charge in [0.2, 0.25) is 0 Å². The maximum absolute atomic E-state index is 10.1. The summed E-state index contributed by atoms with van der Waals surface area (Å²) in [5.74, 6) is 0.659. The third-order valence-electron chi connectivity index (χ3n) is 12.2. The summed E-state index contributed by atoms with van der Waals surface area (Å²) in [6.45, 7) is 20.0. The Bertz CT molecular complexity index is 2330. The SMILES string of the molecule is CC1(C)c2ccccc2-c2ccc(-c3ccccc3O)cc21.CC1(C)c2ccccc2-c2ccc(-c3ccccc3O)cc21.CC1=[C-]C(C)(C)C(C)=C1C.[Ti]. The molecule has 6 aromatic carbocycles. The van der Waals surface area contributed by atoms with E-state index in [1.54, 1.807) is 12.1 Å². The molecule has 0 aliphatic heterocycles. The summed E-state index contributed by atoms with van der Waals surface area (Å²) in [6.07, 6.45) is 3.44. The van der Waals surface area contributed by atoms with E-state index in [1.807, 2.05) is 36.4 Å². The molecule has 0 amide bonds. The molecule has 2 N–H and O–H groups in total. The Labute approximate surface area is 343 Å². The Balaban J connectivity index is 0.000000149. The van der Waals surface area contributed by atoms with E-state index in [1.165, 1.54) is 61.2 Å². The minimum Gasteiger partial charge on any atom is -0.507 e. The Morgan fingerprint density at radius 1 is 0.418 bits per heavy atom. The van der Waals surface area contributed by atoms with Crippen LogP contribution >= 0.6 is 0 Å². The van der Waals surface area contributed by atoms with Gasteiger partial charge in [-0.25, -0.2) is 5.57 Å². The number of aromatic hydroxyl groups is 2. The molecule has 55 heavy (non-hydrogen) atoms. The molecule has 0 radical (unpaired) electrons. The average molecular weight is 756 g/mol. The quantitative estimate of drug-likeness (QED) is 0.136. The molecule has 0 saturated carbocycles. The molecule has 3 aliphatic carbocycles. The molecule has 276 valence electrons. The molecule has 0 aromatic heterocycles. The van der Waals surface area contributed by atoms with Crippen molar-refractivity contribution >= 4 is 0 Å². The number of allylic oxidation sites excluding steroid dienone is 4. The fourth-order valence-corrected chi connectivity index (χ4v) is 8.59. The van der Waals surface area contributed by atoms with E-state index in [0.717, 1.165) is 22.3 Å². The second-order valence-electron chi connectivity index (χ2n) is 16.5. The number of phenols is 2. The van der Waals surface area contributed by atoms with E-state index in [0.29, 0.717) is 11.5 Å². The predicted octanol–water partition coefficient (Wildman–Crippen LogP) is 13.8. The molecular formula is C52H51O2Ti-. The number of benzene rings is 6. The fraction of sp³-hybridized carbons (Fsp3) is 0.231. The Kier molecular flexibility index (Phi) is 10.8. The van der Waals surface area contributed by atoms with Crippen LogP contribution in [-0.4, -0.2) is 10.2 Å². The second-order valence-corrected chi connectivity index (χ2v) is 16.5. The molecule has 0 fully saturated rings. The summed E-state index contributed by atoms with van der Waals surface area (Å²) >= 11 is 0. The van der Waals surface area contributed by atoms with Crippen molar-refractivity contribution in [3.8, 4) is 56.0 Å². The molecule has 0 unspecified atom stereocenters. The van der Waals surface area contributed by atoms with Crippen molar-refractivity contribution < 1.29 is 31.9 Å². The first-order valence-corrected chi connectivity index (χ1v) is 19.0. The zero-order valence-corrected chi connectivity index (χ0v) is 35.2. The standard InChI is InChI=1S/2C21H18O.C10H15.Ti/c2*1-21(2)18-9-5-3-8-16(18)17-12-11-14(13-19(17)21)15-7-4-6-10-20(15)22;1-7-6-10(4,5)9(3)8(7)2;/h2*3-13,22H,1-2H3;1-5H3;/q;;-1;. The summed E-state index contributed by atoms with van der Waals surface area (Å²) in [7, 11) is 0. The van der Waals surface area contributed by atoms with Crippen LogP contribution < -0.4 is 0 Å². The van der Waals surface area contributed by atoms with Gasteiger partial charge in [-0.2, -0.15) is 11.1 Å². The topological polar surface area (TPSA) is 40.5 Å². The summed E-state index contributed by atoms with van der Waals surface area (Å²) in [5, 5.41) is 20.2. The molecule has 0 bridgehead atoms. The first-order valence-electron chi connectivity index (χ1n) is 19.0. The van der Waals surface area contributed by atoms with E-state index >= 15 is 0 Å². The van der Waals surface area contributed by atoms with Gasteiger partial charge in [0.1, 0.15) is 11.5 Å². The number of rotatable bonds is 2. The van der Waals surface area contributed by atoms with Gasteiger partial charge in [0, 0.05) is 43.7 Å². The van der Waals surface area contributed by atoms with Crippen LogP contribution in [-0.2, 0) is 32.5 Å². The van der Waals surface area contributed by atoms with Crippen LogP contribution in [0.15, 0.2) is 150 Å². The maximum atomic E-state index is 10.1. The second kappa shape index (κ2) is 15.0. The average Bonchev–Trinajstić information content (AvgIpc) is 3.61. The van der Waals surface area contributed by atoms with Crippen molar-refractivity contribution in [1.82, 2.24) is 0 Å². The number of hydrogen-bond donors (Lipinski definition) is 2. The monoisotopic (exact) mass is 755 g/mol. The van der Waals surface area contributed by atoms with Crippen LogP contribution in [0, 0.1) is 11.5 Å². The van der Waals surface area contributed by atoms with Gasteiger partial charge in [-0.3, -0.25) is 6.08 Å². The van der Waals surface area contributed by atoms with E-state index in [-0.39, 0.29) is 38.0 Å². The zero-order valence-electron chi connectivity index (χ0n) is 33.6. The Hall–Kier alpha value is -4.89. The normalized spacial score (nSPS) is 15.8. The minimum absolute atomic E-state index is 0. The van der Waals surface area contributed by atoms with Crippen LogP contribution in [0.25, 0.3) is 44.5 Å². The van der Waals surface area contributed by atoms with Crippen LogP contribution in [0.2, 0.25) is 0 Å². The molecule has 0 saturated heterocycles. The van der Waals surface area contributed by atoms with Gasteiger partial charge in [-0.1, -0.05) is 170 Å². The number of fused-ring (bicyclic) bond motifs is 6. The van der Waals surface area contributed by atoms with Crippen molar-refractivity contribution in [2.24, 2.45) is 5.41 Å². The molecule has 0 atom stereocenters. The fourth-order valence-electron chi connectivity index (χ4n) is 8.59. The minimum atomic E-state index is -0.00760. The molecule has 6 aromatic rings. The predicted molar refractivity (Wildman–Crippen MR) is 227 cm³/mol. The summed E-state index contributed by atoms with van der Waals surface area (Å²) in [5.41, 5.74) is 19.0. The van der Waals surface area contributed by atoms with Crippen molar-refractivity contribution in [3.05, 3.63) is 179 Å². The van der Waals surface area contributed by atoms with Gasteiger partial charge in [-0.05, 0) is 79.9 Å².